The first-order valence-corrected chi connectivity index (χ1v) is 9.22. The van der Waals surface area contributed by atoms with Gasteiger partial charge in [-0.25, -0.2) is 0 Å². The maximum atomic E-state index is 9.88. The molecule has 2 aliphatic heterocycles. The Morgan fingerprint density at radius 2 is 2.12 bits per heavy atom. The summed E-state index contributed by atoms with van der Waals surface area (Å²) >= 11 is 0. The summed E-state index contributed by atoms with van der Waals surface area (Å²) in [5, 5.41) is 18.9. The zero-order valence-electron chi connectivity index (χ0n) is 15.2. The summed E-state index contributed by atoms with van der Waals surface area (Å²) in [7, 11) is 1.75. The van der Waals surface area contributed by atoms with E-state index in [0.29, 0.717) is 5.92 Å². The number of likely N-dealkylation sites (tertiary alicyclic amines) is 2. The minimum atomic E-state index is 0.257. The summed E-state index contributed by atoms with van der Waals surface area (Å²) in [6, 6.07) is 10.1. The third kappa shape index (κ3) is 4.21. The number of benzene rings is 1. The lowest BCUT2D eigenvalue weighted by atomic mass is 9.71. The highest BCUT2D eigenvalue weighted by atomic mass is 16.5. The quantitative estimate of drug-likeness (QED) is 0.852. The van der Waals surface area contributed by atoms with E-state index in [4.69, 9.17) is 10.00 Å². The van der Waals surface area contributed by atoms with Crippen LogP contribution in [0.3, 0.4) is 0 Å². The van der Waals surface area contributed by atoms with Crippen LogP contribution < -0.4 is 0 Å². The van der Waals surface area contributed by atoms with Gasteiger partial charge in [-0.15, -0.1) is 0 Å². The molecule has 0 saturated carbocycles. The van der Waals surface area contributed by atoms with Crippen molar-refractivity contribution in [1.29, 1.82) is 5.26 Å². The van der Waals surface area contributed by atoms with E-state index >= 15 is 0 Å². The second-order valence-electron chi connectivity index (χ2n) is 7.56. The Kier molecular flexibility index (Phi) is 6.08. The fourth-order valence-electron chi connectivity index (χ4n) is 4.51. The lowest BCUT2D eigenvalue weighted by molar-refractivity contribution is 0.0477. The molecule has 1 unspecified atom stereocenters. The SMILES string of the molecule is COCCN1CC(CO)C2(CCN(Cc3cccc(C#N)c3)CC2)C1. The smallest absolute Gasteiger partial charge is 0.0991 e. The van der Waals surface area contributed by atoms with Crippen molar-refractivity contribution in [3.63, 3.8) is 0 Å². The zero-order chi connectivity index (χ0) is 17.7. The van der Waals surface area contributed by atoms with E-state index in [-0.39, 0.29) is 12.0 Å². The van der Waals surface area contributed by atoms with E-state index in [1.165, 1.54) is 5.56 Å². The first kappa shape index (κ1) is 18.3. The number of rotatable bonds is 6. The van der Waals surface area contributed by atoms with Gasteiger partial charge in [0.25, 0.3) is 0 Å². The molecule has 2 saturated heterocycles. The number of piperidine rings is 1. The fourth-order valence-corrected chi connectivity index (χ4v) is 4.51. The second kappa shape index (κ2) is 8.29. The van der Waals surface area contributed by atoms with Crippen LogP contribution in [0.4, 0.5) is 0 Å². The number of nitrogens with zero attached hydrogens (tertiary/aromatic N) is 3. The van der Waals surface area contributed by atoms with E-state index < -0.39 is 0 Å². The normalized spacial score (nSPS) is 23.8. The standard InChI is InChI=1S/C20H29N3O2/c1-25-10-9-23-14-19(15-24)20(16-23)5-7-22(8-6-20)13-18-4-2-3-17(11-18)12-21/h2-4,11,19,24H,5-10,13-16H2,1H3. The van der Waals surface area contributed by atoms with Crippen LogP contribution in [0, 0.1) is 22.7 Å². The van der Waals surface area contributed by atoms with Crippen molar-refractivity contribution < 1.29 is 9.84 Å². The van der Waals surface area contributed by atoms with Crippen LogP contribution in [0.25, 0.3) is 0 Å². The number of aliphatic hydroxyl groups is 1. The molecule has 2 aliphatic rings. The van der Waals surface area contributed by atoms with Crippen LogP contribution in [0.5, 0.6) is 0 Å². The summed E-state index contributed by atoms with van der Waals surface area (Å²) < 4.78 is 5.22. The minimum Gasteiger partial charge on any atom is -0.396 e. The predicted molar refractivity (Wildman–Crippen MR) is 97.0 cm³/mol. The van der Waals surface area contributed by atoms with Crippen LogP contribution in [-0.2, 0) is 11.3 Å². The Balaban J connectivity index is 1.57. The van der Waals surface area contributed by atoms with Crippen molar-refractivity contribution in [1.82, 2.24) is 9.80 Å². The lowest BCUT2D eigenvalue weighted by Gasteiger charge is -2.42. The summed E-state index contributed by atoms with van der Waals surface area (Å²) in [6.45, 7) is 7.10. The van der Waals surface area contributed by atoms with Gasteiger partial charge >= 0.3 is 0 Å². The van der Waals surface area contributed by atoms with Crippen molar-refractivity contribution in [2.45, 2.75) is 19.4 Å². The molecule has 1 N–H and O–H groups in total. The summed E-state index contributed by atoms with van der Waals surface area (Å²) in [4.78, 5) is 4.93. The molecule has 0 aromatic heterocycles. The zero-order valence-corrected chi connectivity index (χ0v) is 15.2. The van der Waals surface area contributed by atoms with Crippen LogP contribution in [-0.4, -0.2) is 68.0 Å². The third-order valence-corrected chi connectivity index (χ3v) is 6.03. The molecular weight excluding hydrogens is 314 g/mol. The molecule has 5 heteroatoms. The van der Waals surface area contributed by atoms with E-state index in [9.17, 15) is 5.11 Å². The average Bonchev–Trinajstić information content (AvgIpc) is 2.99. The molecule has 2 fully saturated rings. The number of nitriles is 1. The largest absolute Gasteiger partial charge is 0.396 e. The predicted octanol–water partition coefficient (Wildman–Crippen LogP) is 1.71. The van der Waals surface area contributed by atoms with Crippen molar-refractivity contribution >= 4 is 0 Å². The number of ether oxygens (including phenoxy) is 1. The third-order valence-electron chi connectivity index (χ3n) is 6.03. The maximum absolute atomic E-state index is 9.88. The number of hydrogen-bond acceptors (Lipinski definition) is 5. The van der Waals surface area contributed by atoms with E-state index in [0.717, 1.165) is 64.3 Å². The van der Waals surface area contributed by atoms with Crippen molar-refractivity contribution in [3.05, 3.63) is 35.4 Å². The molecule has 1 atom stereocenters. The molecule has 1 aromatic carbocycles. The Bertz CT molecular complexity index is 605. The number of methoxy groups -OCH3 is 1. The van der Waals surface area contributed by atoms with Crippen LogP contribution in [0.15, 0.2) is 24.3 Å². The van der Waals surface area contributed by atoms with Gasteiger partial charge in [0.1, 0.15) is 0 Å². The van der Waals surface area contributed by atoms with E-state index in [2.05, 4.69) is 21.9 Å². The van der Waals surface area contributed by atoms with Gasteiger partial charge in [-0.3, -0.25) is 4.90 Å². The second-order valence-corrected chi connectivity index (χ2v) is 7.56. The summed E-state index contributed by atoms with van der Waals surface area (Å²) in [5.41, 5.74) is 2.20. The lowest BCUT2D eigenvalue weighted by Crippen LogP contribution is -2.44. The maximum Gasteiger partial charge on any atom is 0.0991 e. The highest BCUT2D eigenvalue weighted by Crippen LogP contribution is 2.44. The molecule has 0 radical (unpaired) electrons. The average molecular weight is 343 g/mol. The van der Waals surface area contributed by atoms with Crippen LogP contribution in [0.2, 0.25) is 0 Å². The van der Waals surface area contributed by atoms with Crippen LogP contribution >= 0.6 is 0 Å². The molecule has 2 heterocycles. The molecule has 136 valence electrons. The Hall–Kier alpha value is -1.45. The molecule has 1 spiro atoms. The molecule has 0 aliphatic carbocycles. The van der Waals surface area contributed by atoms with Crippen LogP contribution in [0.1, 0.15) is 24.0 Å². The van der Waals surface area contributed by atoms with E-state index in [1.54, 1.807) is 7.11 Å². The topological polar surface area (TPSA) is 59.7 Å². The molecule has 25 heavy (non-hydrogen) atoms. The van der Waals surface area contributed by atoms with Gasteiger partial charge in [0.05, 0.1) is 18.2 Å². The van der Waals surface area contributed by atoms with Gasteiger partial charge in [-0.1, -0.05) is 12.1 Å². The number of hydrogen-bond donors (Lipinski definition) is 1. The van der Waals surface area contributed by atoms with Crippen molar-refractivity contribution in [2.24, 2.45) is 11.3 Å². The molecular formula is C20H29N3O2. The monoisotopic (exact) mass is 343 g/mol. The highest BCUT2D eigenvalue weighted by Gasteiger charge is 2.47. The van der Waals surface area contributed by atoms with Gasteiger partial charge in [-0.05, 0) is 49.0 Å². The first-order chi connectivity index (χ1) is 12.2. The molecule has 0 amide bonds. The summed E-state index contributed by atoms with van der Waals surface area (Å²) in [5.74, 6) is 0.383. The molecule has 0 bridgehead atoms. The Morgan fingerprint density at radius 3 is 2.80 bits per heavy atom. The van der Waals surface area contributed by atoms with Gasteiger partial charge in [0, 0.05) is 45.8 Å². The molecule has 1 aromatic rings. The van der Waals surface area contributed by atoms with E-state index in [1.807, 2.05) is 18.2 Å². The van der Waals surface area contributed by atoms with Gasteiger partial charge in [-0.2, -0.15) is 5.26 Å². The van der Waals surface area contributed by atoms with Gasteiger partial charge in [0.15, 0.2) is 0 Å². The summed E-state index contributed by atoms with van der Waals surface area (Å²) in [6.07, 6.45) is 2.28. The van der Waals surface area contributed by atoms with Gasteiger partial charge in [0.2, 0.25) is 0 Å². The van der Waals surface area contributed by atoms with Crippen molar-refractivity contribution in [2.75, 3.05) is 53.0 Å². The Labute approximate surface area is 150 Å². The van der Waals surface area contributed by atoms with Gasteiger partial charge < -0.3 is 14.7 Å². The van der Waals surface area contributed by atoms with Crippen molar-refractivity contribution in [3.8, 4) is 6.07 Å². The number of aliphatic hydroxyl groups excluding tert-OH is 1. The molecule has 3 rings (SSSR count). The fraction of sp³-hybridized carbons (Fsp3) is 0.650. The molecule has 5 nitrogen and oxygen atoms in total. The highest BCUT2D eigenvalue weighted by molar-refractivity contribution is 5.32. The minimum absolute atomic E-state index is 0.257. The first-order valence-electron chi connectivity index (χ1n) is 9.22. The Morgan fingerprint density at radius 1 is 1.32 bits per heavy atom.